The zero-order valence-electron chi connectivity index (χ0n) is 14.0. The molecule has 1 aromatic carbocycles. The second-order valence-electron chi connectivity index (χ2n) is 6.55. The molecule has 118 valence electrons. The van der Waals surface area contributed by atoms with Gasteiger partial charge >= 0.3 is 0 Å². The summed E-state index contributed by atoms with van der Waals surface area (Å²) in [5, 5.41) is 3.65. The summed E-state index contributed by atoms with van der Waals surface area (Å²) >= 11 is 0. The summed E-state index contributed by atoms with van der Waals surface area (Å²) < 4.78 is 10.9. The van der Waals surface area contributed by atoms with Crippen molar-refractivity contribution in [3.8, 4) is 11.5 Å². The lowest BCUT2D eigenvalue weighted by Gasteiger charge is -2.36. The van der Waals surface area contributed by atoms with E-state index < -0.39 is 0 Å². The van der Waals surface area contributed by atoms with Gasteiger partial charge in [-0.1, -0.05) is 33.3 Å². The van der Waals surface area contributed by atoms with Gasteiger partial charge in [-0.25, -0.2) is 0 Å². The first-order valence-electron chi connectivity index (χ1n) is 7.99. The van der Waals surface area contributed by atoms with Crippen LogP contribution in [0.15, 0.2) is 18.2 Å². The Labute approximate surface area is 129 Å². The highest BCUT2D eigenvalue weighted by atomic mass is 16.5. The van der Waals surface area contributed by atoms with Crippen LogP contribution in [0.5, 0.6) is 11.5 Å². The zero-order chi connectivity index (χ0) is 15.5. The van der Waals surface area contributed by atoms with Crippen LogP contribution in [0.1, 0.15) is 45.6 Å². The molecule has 2 atom stereocenters. The Morgan fingerprint density at radius 3 is 2.48 bits per heavy atom. The molecule has 2 unspecified atom stereocenters. The minimum atomic E-state index is 0.212. The van der Waals surface area contributed by atoms with E-state index in [2.05, 4.69) is 38.2 Å². The van der Waals surface area contributed by atoms with Gasteiger partial charge in [0.1, 0.15) is 0 Å². The van der Waals surface area contributed by atoms with Crippen molar-refractivity contribution in [1.29, 1.82) is 0 Å². The fourth-order valence-electron chi connectivity index (χ4n) is 3.57. The third-order valence-electron chi connectivity index (χ3n) is 4.99. The molecule has 3 nitrogen and oxygen atoms in total. The van der Waals surface area contributed by atoms with Gasteiger partial charge in [0.05, 0.1) is 14.2 Å². The van der Waals surface area contributed by atoms with E-state index in [0.29, 0.717) is 12.0 Å². The molecule has 1 aliphatic carbocycles. The zero-order valence-corrected chi connectivity index (χ0v) is 14.0. The van der Waals surface area contributed by atoms with E-state index in [1.165, 1.54) is 24.8 Å². The van der Waals surface area contributed by atoms with Crippen LogP contribution in [0.25, 0.3) is 0 Å². The van der Waals surface area contributed by atoms with Crippen LogP contribution in [-0.2, 0) is 5.41 Å². The fourth-order valence-corrected chi connectivity index (χ4v) is 3.57. The molecular formula is C18H29NO2. The first-order valence-corrected chi connectivity index (χ1v) is 7.99. The lowest BCUT2D eigenvalue weighted by molar-refractivity contribution is 0.304. The van der Waals surface area contributed by atoms with E-state index in [9.17, 15) is 0 Å². The van der Waals surface area contributed by atoms with Crippen molar-refractivity contribution >= 4 is 0 Å². The summed E-state index contributed by atoms with van der Waals surface area (Å²) in [7, 11) is 3.39. The molecule has 0 spiro atoms. The highest BCUT2D eigenvalue weighted by molar-refractivity contribution is 5.46. The highest BCUT2D eigenvalue weighted by Crippen LogP contribution is 2.47. The topological polar surface area (TPSA) is 30.5 Å². The summed E-state index contributed by atoms with van der Waals surface area (Å²) in [6, 6.07) is 6.93. The Kier molecular flexibility index (Phi) is 5.15. The van der Waals surface area contributed by atoms with Crippen molar-refractivity contribution in [1.82, 2.24) is 5.32 Å². The molecular weight excluding hydrogens is 262 g/mol. The summed E-state index contributed by atoms with van der Waals surface area (Å²) in [4.78, 5) is 0. The molecule has 0 aliphatic heterocycles. The molecule has 1 aromatic rings. The average molecular weight is 291 g/mol. The first-order chi connectivity index (χ1) is 10.0. The molecule has 21 heavy (non-hydrogen) atoms. The maximum atomic E-state index is 5.50. The van der Waals surface area contributed by atoms with E-state index in [0.717, 1.165) is 18.0 Å². The largest absolute Gasteiger partial charge is 0.493 e. The first kappa shape index (κ1) is 16.2. The van der Waals surface area contributed by atoms with Crippen molar-refractivity contribution in [2.45, 2.75) is 51.5 Å². The number of ether oxygens (including phenoxy) is 2. The molecule has 0 amide bonds. The minimum absolute atomic E-state index is 0.212. The van der Waals surface area contributed by atoms with Crippen LogP contribution in [0.2, 0.25) is 0 Å². The van der Waals surface area contributed by atoms with Gasteiger partial charge in [-0.3, -0.25) is 0 Å². The van der Waals surface area contributed by atoms with Crippen LogP contribution in [0, 0.1) is 5.92 Å². The van der Waals surface area contributed by atoms with Crippen LogP contribution in [-0.4, -0.2) is 26.8 Å². The number of methoxy groups -OCH3 is 2. The SMILES string of the molecule is COc1ccc(C2(CNC(C)C)CCCC2C)cc1OC. The molecule has 3 heteroatoms. The van der Waals surface area contributed by atoms with Gasteiger partial charge in [0.25, 0.3) is 0 Å². The Balaban J connectivity index is 2.37. The quantitative estimate of drug-likeness (QED) is 0.865. The van der Waals surface area contributed by atoms with Crippen LogP contribution in [0.3, 0.4) is 0 Å². The summed E-state index contributed by atoms with van der Waals surface area (Å²) in [5.41, 5.74) is 1.59. The van der Waals surface area contributed by atoms with E-state index in [1.54, 1.807) is 14.2 Å². The Morgan fingerprint density at radius 2 is 1.95 bits per heavy atom. The molecule has 1 fully saturated rings. The average Bonchev–Trinajstić information content (AvgIpc) is 2.86. The molecule has 0 saturated heterocycles. The van der Waals surface area contributed by atoms with Gasteiger partial charge in [-0.15, -0.1) is 0 Å². The summed E-state index contributed by atoms with van der Waals surface area (Å²) in [5.74, 6) is 2.32. The molecule has 2 rings (SSSR count). The normalized spacial score (nSPS) is 25.3. The van der Waals surface area contributed by atoms with E-state index in [1.807, 2.05) is 6.07 Å². The molecule has 0 heterocycles. The smallest absolute Gasteiger partial charge is 0.161 e. The predicted octanol–water partition coefficient (Wildman–Crippen LogP) is 3.76. The second kappa shape index (κ2) is 6.69. The van der Waals surface area contributed by atoms with Crippen molar-refractivity contribution in [2.75, 3.05) is 20.8 Å². The molecule has 1 N–H and O–H groups in total. The van der Waals surface area contributed by atoms with E-state index in [4.69, 9.17) is 9.47 Å². The maximum Gasteiger partial charge on any atom is 0.161 e. The third kappa shape index (κ3) is 3.18. The van der Waals surface area contributed by atoms with Crippen molar-refractivity contribution in [2.24, 2.45) is 5.92 Å². The van der Waals surface area contributed by atoms with Gasteiger partial charge < -0.3 is 14.8 Å². The summed E-state index contributed by atoms with van der Waals surface area (Å²) in [6.45, 7) is 7.83. The Bertz CT molecular complexity index is 472. The molecule has 0 radical (unpaired) electrons. The molecule has 0 aromatic heterocycles. The van der Waals surface area contributed by atoms with Crippen LogP contribution < -0.4 is 14.8 Å². The molecule has 1 aliphatic rings. The molecule has 0 bridgehead atoms. The van der Waals surface area contributed by atoms with Gasteiger partial charge in [0, 0.05) is 18.0 Å². The van der Waals surface area contributed by atoms with Crippen LogP contribution >= 0.6 is 0 Å². The standard InChI is InChI=1S/C18H29NO2/c1-13(2)19-12-18(10-6-7-14(18)3)15-8-9-16(20-4)17(11-15)21-5/h8-9,11,13-14,19H,6-7,10,12H2,1-5H3. The van der Waals surface area contributed by atoms with Gasteiger partial charge in [0.2, 0.25) is 0 Å². The number of rotatable bonds is 6. The molecule has 1 saturated carbocycles. The highest BCUT2D eigenvalue weighted by Gasteiger charge is 2.41. The summed E-state index contributed by atoms with van der Waals surface area (Å²) in [6.07, 6.45) is 3.84. The van der Waals surface area contributed by atoms with Gasteiger partial charge in [0.15, 0.2) is 11.5 Å². The fraction of sp³-hybridized carbons (Fsp3) is 0.667. The van der Waals surface area contributed by atoms with Gasteiger partial charge in [-0.05, 0) is 36.5 Å². The maximum absolute atomic E-state index is 5.50. The van der Waals surface area contributed by atoms with Crippen molar-refractivity contribution < 1.29 is 9.47 Å². The van der Waals surface area contributed by atoms with Gasteiger partial charge in [-0.2, -0.15) is 0 Å². The number of benzene rings is 1. The van der Waals surface area contributed by atoms with Crippen molar-refractivity contribution in [3.05, 3.63) is 23.8 Å². The minimum Gasteiger partial charge on any atom is -0.493 e. The number of hydrogen-bond acceptors (Lipinski definition) is 3. The monoisotopic (exact) mass is 291 g/mol. The lowest BCUT2D eigenvalue weighted by atomic mass is 9.72. The second-order valence-corrected chi connectivity index (χ2v) is 6.55. The Hall–Kier alpha value is -1.22. The lowest BCUT2D eigenvalue weighted by Crippen LogP contribution is -2.42. The number of hydrogen-bond donors (Lipinski definition) is 1. The van der Waals surface area contributed by atoms with Crippen molar-refractivity contribution in [3.63, 3.8) is 0 Å². The number of nitrogens with one attached hydrogen (secondary N) is 1. The van der Waals surface area contributed by atoms with E-state index >= 15 is 0 Å². The van der Waals surface area contributed by atoms with Crippen LogP contribution in [0.4, 0.5) is 0 Å². The third-order valence-corrected chi connectivity index (χ3v) is 4.99. The predicted molar refractivity (Wildman–Crippen MR) is 87.4 cm³/mol. The Morgan fingerprint density at radius 1 is 1.24 bits per heavy atom. The van der Waals surface area contributed by atoms with E-state index in [-0.39, 0.29) is 5.41 Å².